The van der Waals surface area contributed by atoms with E-state index in [9.17, 15) is 0 Å². The molecule has 0 bridgehead atoms. The van der Waals surface area contributed by atoms with Crippen molar-refractivity contribution in [3.05, 3.63) is 0 Å². The maximum Gasteiger partial charge on any atom is 0.00532 e. The molecule has 1 aliphatic heterocycles. The lowest BCUT2D eigenvalue weighted by Gasteiger charge is -2.15. The molecule has 3 atom stereocenters. The van der Waals surface area contributed by atoms with Gasteiger partial charge in [-0.1, -0.05) is 23.2 Å². The molecule has 52 valence electrons. The summed E-state index contributed by atoms with van der Waals surface area (Å²) in [7, 11) is 2.79. The second-order valence-electron chi connectivity index (χ2n) is 3.99. The molecular weight excluding hydrogens is 129 g/mol. The van der Waals surface area contributed by atoms with Crippen LogP contribution < -0.4 is 0 Å². The first-order valence-electron chi connectivity index (χ1n) is 3.62. The normalized spacial score (nSPS) is 47.0. The predicted molar refractivity (Wildman–Crippen MR) is 42.0 cm³/mol. The van der Waals surface area contributed by atoms with Crippen LogP contribution >= 0.6 is 9.39 Å². The highest BCUT2D eigenvalue weighted by Crippen LogP contribution is 2.62. The van der Waals surface area contributed by atoms with E-state index in [4.69, 9.17) is 0 Å². The van der Waals surface area contributed by atoms with Crippen molar-refractivity contribution in [2.24, 2.45) is 17.3 Å². The second-order valence-corrected chi connectivity index (χ2v) is 4.72. The maximum atomic E-state index is 2.79. The molecule has 0 radical (unpaired) electrons. The topological polar surface area (TPSA) is 3.24 Å². The number of fused-ring (bicyclic) bond motifs is 1. The van der Waals surface area contributed by atoms with Crippen molar-refractivity contribution >= 4 is 9.39 Å². The van der Waals surface area contributed by atoms with E-state index in [0.29, 0.717) is 5.41 Å². The molecule has 2 unspecified atom stereocenters. The highest BCUT2D eigenvalue weighted by Gasteiger charge is 2.61. The van der Waals surface area contributed by atoms with Gasteiger partial charge in [-0.25, -0.2) is 0 Å². The van der Waals surface area contributed by atoms with E-state index in [0.717, 1.165) is 11.8 Å². The highest BCUT2D eigenvalue weighted by atomic mass is 31.0. The van der Waals surface area contributed by atoms with Gasteiger partial charge in [0.05, 0.1) is 0 Å². The SMILES string of the molecule is CC1(C)C2CN(P)C[C@@H]21. The van der Waals surface area contributed by atoms with E-state index < -0.39 is 0 Å². The minimum atomic E-state index is 0.688. The van der Waals surface area contributed by atoms with Gasteiger partial charge in [-0.05, 0) is 17.3 Å². The number of rotatable bonds is 0. The molecule has 2 rings (SSSR count). The van der Waals surface area contributed by atoms with E-state index in [-0.39, 0.29) is 0 Å². The fourth-order valence-electron chi connectivity index (χ4n) is 2.16. The van der Waals surface area contributed by atoms with Crippen LogP contribution in [0.4, 0.5) is 0 Å². The van der Waals surface area contributed by atoms with E-state index in [1.54, 1.807) is 0 Å². The molecule has 0 amide bonds. The Balaban J connectivity index is 2.06. The summed E-state index contributed by atoms with van der Waals surface area (Å²) in [5.41, 5.74) is 0.688. The van der Waals surface area contributed by atoms with Gasteiger partial charge >= 0.3 is 0 Å². The summed E-state index contributed by atoms with van der Waals surface area (Å²) in [6, 6.07) is 0. The summed E-state index contributed by atoms with van der Waals surface area (Å²) in [5.74, 6) is 2.02. The molecule has 0 N–H and O–H groups in total. The third kappa shape index (κ3) is 0.683. The largest absolute Gasteiger partial charge is 0.287 e. The zero-order valence-corrected chi connectivity index (χ0v) is 7.25. The average Bonchev–Trinajstić information content (AvgIpc) is 2.27. The minimum Gasteiger partial charge on any atom is -0.287 e. The van der Waals surface area contributed by atoms with E-state index in [1.165, 1.54) is 13.1 Å². The summed E-state index contributed by atoms with van der Waals surface area (Å²) in [4.78, 5) is 0. The number of piperidine rings is 1. The lowest BCUT2D eigenvalue weighted by Crippen LogP contribution is -2.16. The molecule has 2 aliphatic rings. The number of hydrogen-bond acceptors (Lipinski definition) is 1. The molecule has 0 aromatic rings. The van der Waals surface area contributed by atoms with Gasteiger partial charge in [-0.2, -0.15) is 0 Å². The van der Waals surface area contributed by atoms with Gasteiger partial charge < -0.3 is 0 Å². The van der Waals surface area contributed by atoms with Crippen LogP contribution in [0, 0.1) is 17.3 Å². The zero-order valence-electron chi connectivity index (χ0n) is 6.09. The quantitative estimate of drug-likeness (QED) is 0.463. The van der Waals surface area contributed by atoms with Crippen LogP contribution in [0.1, 0.15) is 13.8 Å². The van der Waals surface area contributed by atoms with Crippen molar-refractivity contribution in [3.8, 4) is 0 Å². The fraction of sp³-hybridized carbons (Fsp3) is 1.00. The molecule has 0 spiro atoms. The molecular formula is C7H14NP. The van der Waals surface area contributed by atoms with Crippen LogP contribution in [0.5, 0.6) is 0 Å². The highest BCUT2D eigenvalue weighted by molar-refractivity contribution is 7.13. The van der Waals surface area contributed by atoms with Crippen LogP contribution in [0.25, 0.3) is 0 Å². The van der Waals surface area contributed by atoms with Crippen molar-refractivity contribution < 1.29 is 0 Å². The first-order chi connectivity index (χ1) is 4.12. The van der Waals surface area contributed by atoms with Crippen molar-refractivity contribution in [2.75, 3.05) is 13.1 Å². The molecule has 1 heterocycles. The summed E-state index contributed by atoms with van der Waals surface area (Å²) in [6.07, 6.45) is 0. The summed E-state index contributed by atoms with van der Waals surface area (Å²) in [5, 5.41) is 0. The van der Waals surface area contributed by atoms with Crippen molar-refractivity contribution in [1.29, 1.82) is 0 Å². The lowest BCUT2D eigenvalue weighted by molar-refractivity contribution is 0.391. The molecule has 1 saturated carbocycles. The third-order valence-electron chi connectivity index (χ3n) is 3.15. The molecule has 1 aliphatic carbocycles. The maximum absolute atomic E-state index is 2.79. The van der Waals surface area contributed by atoms with E-state index in [2.05, 4.69) is 27.9 Å². The molecule has 9 heavy (non-hydrogen) atoms. The van der Waals surface area contributed by atoms with Gasteiger partial charge in [0, 0.05) is 13.1 Å². The smallest absolute Gasteiger partial charge is 0.00532 e. The molecule has 1 nitrogen and oxygen atoms in total. The Hall–Kier alpha value is 0.390. The predicted octanol–water partition coefficient (Wildman–Crippen LogP) is 1.36. The summed E-state index contributed by atoms with van der Waals surface area (Å²) >= 11 is 0. The van der Waals surface area contributed by atoms with Gasteiger partial charge in [0.1, 0.15) is 0 Å². The first kappa shape index (κ1) is 6.12. The Morgan fingerprint density at radius 1 is 1.33 bits per heavy atom. The Labute approximate surface area is 59.1 Å². The zero-order chi connectivity index (χ0) is 6.65. The Kier molecular flexibility index (Phi) is 1.03. The van der Waals surface area contributed by atoms with Crippen LogP contribution in [-0.4, -0.2) is 17.8 Å². The van der Waals surface area contributed by atoms with Gasteiger partial charge in [0.15, 0.2) is 0 Å². The summed E-state index contributed by atoms with van der Waals surface area (Å²) in [6.45, 7) is 7.39. The minimum absolute atomic E-state index is 0.688. The summed E-state index contributed by atoms with van der Waals surface area (Å²) < 4.78 is 2.36. The van der Waals surface area contributed by atoms with Crippen LogP contribution in [0.2, 0.25) is 0 Å². The number of hydrogen-bond donors (Lipinski definition) is 0. The Morgan fingerprint density at radius 2 is 1.78 bits per heavy atom. The fourth-order valence-corrected chi connectivity index (χ4v) is 2.62. The van der Waals surface area contributed by atoms with Crippen molar-refractivity contribution in [1.82, 2.24) is 4.67 Å². The van der Waals surface area contributed by atoms with Crippen LogP contribution in [0.3, 0.4) is 0 Å². The standard InChI is InChI=1S/C7H14NP/c1-7(2)5-3-8(9)4-6(5)7/h5-6H,3-4,9H2,1-2H3/t5-,6?/m0/s1. The van der Waals surface area contributed by atoms with Crippen molar-refractivity contribution in [3.63, 3.8) is 0 Å². The van der Waals surface area contributed by atoms with Crippen LogP contribution in [-0.2, 0) is 0 Å². The van der Waals surface area contributed by atoms with Gasteiger partial charge in [0.25, 0.3) is 0 Å². The average molecular weight is 143 g/mol. The second kappa shape index (κ2) is 1.52. The van der Waals surface area contributed by atoms with Gasteiger partial charge in [-0.15, -0.1) is 0 Å². The molecule has 0 aromatic heterocycles. The van der Waals surface area contributed by atoms with Gasteiger partial charge in [-0.3, -0.25) is 4.67 Å². The van der Waals surface area contributed by atoms with Crippen molar-refractivity contribution in [2.45, 2.75) is 13.8 Å². The molecule has 0 aromatic carbocycles. The van der Waals surface area contributed by atoms with Crippen LogP contribution in [0.15, 0.2) is 0 Å². The van der Waals surface area contributed by atoms with Gasteiger partial charge in [0.2, 0.25) is 0 Å². The molecule has 1 saturated heterocycles. The van der Waals surface area contributed by atoms with E-state index in [1.807, 2.05) is 0 Å². The lowest BCUT2D eigenvalue weighted by atomic mass is 10.1. The van der Waals surface area contributed by atoms with E-state index >= 15 is 0 Å². The molecule has 2 fully saturated rings. The Morgan fingerprint density at radius 3 is 2.11 bits per heavy atom. The monoisotopic (exact) mass is 143 g/mol. The third-order valence-corrected chi connectivity index (χ3v) is 3.57. The Bertz CT molecular complexity index is 130. The molecule has 2 heteroatoms. The number of nitrogens with zero attached hydrogens (tertiary/aromatic N) is 1. The first-order valence-corrected chi connectivity index (χ1v) is 4.13.